The Morgan fingerprint density at radius 2 is 2.33 bits per heavy atom. The first-order valence-corrected chi connectivity index (χ1v) is 7.81. The number of nitrogens with zero attached hydrogens (tertiary/aromatic N) is 4. The van der Waals surface area contributed by atoms with Crippen LogP contribution >= 0.6 is 0 Å². The van der Waals surface area contributed by atoms with Gasteiger partial charge in [0.1, 0.15) is 11.3 Å². The van der Waals surface area contributed by atoms with Crippen LogP contribution in [0, 0.1) is 6.92 Å². The van der Waals surface area contributed by atoms with Crippen LogP contribution < -0.4 is 10.1 Å². The van der Waals surface area contributed by atoms with Gasteiger partial charge in [-0.05, 0) is 25.5 Å². The zero-order valence-corrected chi connectivity index (χ0v) is 14.1. The van der Waals surface area contributed by atoms with Gasteiger partial charge in [0.2, 0.25) is 5.91 Å². The summed E-state index contributed by atoms with van der Waals surface area (Å²) in [5.74, 6) is 1.63. The van der Waals surface area contributed by atoms with Crippen molar-refractivity contribution >= 4 is 5.91 Å². The van der Waals surface area contributed by atoms with Crippen molar-refractivity contribution in [3.05, 3.63) is 35.7 Å². The molecule has 1 saturated heterocycles. The first-order valence-electron chi connectivity index (χ1n) is 7.81. The van der Waals surface area contributed by atoms with Gasteiger partial charge in [-0.25, -0.2) is 0 Å². The highest BCUT2D eigenvalue weighted by molar-refractivity contribution is 5.74. The Bertz CT molecular complexity index is 715. The van der Waals surface area contributed by atoms with E-state index in [0.29, 0.717) is 31.2 Å². The number of carbonyl (C=O) groups is 1. The molecule has 3 rings (SSSR count). The molecule has 1 aliphatic heterocycles. The second-order valence-corrected chi connectivity index (χ2v) is 6.06. The maximum atomic E-state index is 11.7. The van der Waals surface area contributed by atoms with E-state index >= 15 is 0 Å². The average Bonchev–Trinajstić information content (AvgIpc) is 3.15. The van der Waals surface area contributed by atoms with E-state index in [1.807, 2.05) is 12.1 Å². The van der Waals surface area contributed by atoms with E-state index in [2.05, 4.69) is 25.3 Å². The smallest absolute Gasteiger partial charge is 0.253 e. The molecule has 0 aromatic carbocycles. The zero-order valence-electron chi connectivity index (χ0n) is 14.1. The van der Waals surface area contributed by atoms with Gasteiger partial charge in [0.25, 0.3) is 5.89 Å². The molecule has 0 spiro atoms. The highest BCUT2D eigenvalue weighted by Gasteiger charge is 2.45. The molecule has 1 fully saturated rings. The SMILES string of the molecule is COc1ccc(CN2CCC(NC(C)=O)(c3nc(C)no3)C2)nc1. The molecule has 3 heterocycles. The molecule has 2 aromatic heterocycles. The molecule has 24 heavy (non-hydrogen) atoms. The maximum Gasteiger partial charge on any atom is 0.253 e. The van der Waals surface area contributed by atoms with Gasteiger partial charge in [-0.15, -0.1) is 0 Å². The Morgan fingerprint density at radius 1 is 1.50 bits per heavy atom. The molecule has 0 bridgehead atoms. The third-order valence-electron chi connectivity index (χ3n) is 4.12. The molecule has 8 heteroatoms. The standard InChI is InChI=1S/C16H21N5O3/c1-11-18-15(24-20-11)16(19-12(2)22)6-7-21(10-16)9-13-4-5-14(23-3)8-17-13/h4-5,8H,6-7,9-10H2,1-3H3,(H,19,22). The largest absolute Gasteiger partial charge is 0.495 e. The summed E-state index contributed by atoms with van der Waals surface area (Å²) >= 11 is 0. The third kappa shape index (κ3) is 3.38. The predicted octanol–water partition coefficient (Wildman–Crippen LogP) is 1.02. The van der Waals surface area contributed by atoms with Crippen LogP contribution in [0.3, 0.4) is 0 Å². The van der Waals surface area contributed by atoms with Crippen molar-refractivity contribution in [2.45, 2.75) is 32.4 Å². The summed E-state index contributed by atoms with van der Waals surface area (Å²) in [6.45, 7) is 5.34. The lowest BCUT2D eigenvalue weighted by molar-refractivity contribution is -0.121. The van der Waals surface area contributed by atoms with Gasteiger partial charge < -0.3 is 14.6 Å². The minimum Gasteiger partial charge on any atom is -0.495 e. The van der Waals surface area contributed by atoms with Crippen molar-refractivity contribution < 1.29 is 14.1 Å². The van der Waals surface area contributed by atoms with E-state index in [1.165, 1.54) is 6.92 Å². The Hall–Kier alpha value is -2.48. The second kappa shape index (κ2) is 6.56. The highest BCUT2D eigenvalue weighted by Crippen LogP contribution is 2.32. The molecule has 8 nitrogen and oxygen atoms in total. The summed E-state index contributed by atoms with van der Waals surface area (Å²) < 4.78 is 10.5. The quantitative estimate of drug-likeness (QED) is 0.874. The summed E-state index contributed by atoms with van der Waals surface area (Å²) in [5, 5.41) is 6.86. The second-order valence-electron chi connectivity index (χ2n) is 6.06. The molecule has 1 amide bonds. The number of pyridine rings is 1. The molecule has 1 N–H and O–H groups in total. The number of likely N-dealkylation sites (tertiary alicyclic amines) is 1. The minimum absolute atomic E-state index is 0.115. The van der Waals surface area contributed by atoms with Crippen molar-refractivity contribution in [3.63, 3.8) is 0 Å². The lowest BCUT2D eigenvalue weighted by atomic mass is 9.98. The van der Waals surface area contributed by atoms with Crippen LogP contribution in [-0.4, -0.2) is 46.1 Å². The maximum absolute atomic E-state index is 11.7. The van der Waals surface area contributed by atoms with E-state index < -0.39 is 5.54 Å². The number of methoxy groups -OCH3 is 1. The first-order chi connectivity index (χ1) is 11.5. The molecule has 1 aliphatic rings. The molecule has 1 unspecified atom stereocenters. The fourth-order valence-electron chi connectivity index (χ4n) is 3.04. The van der Waals surface area contributed by atoms with Crippen LogP contribution in [0.2, 0.25) is 0 Å². The highest BCUT2D eigenvalue weighted by atomic mass is 16.5. The lowest BCUT2D eigenvalue weighted by Gasteiger charge is -2.26. The van der Waals surface area contributed by atoms with Crippen molar-refractivity contribution in [1.82, 2.24) is 25.3 Å². The Morgan fingerprint density at radius 3 is 2.92 bits per heavy atom. The van der Waals surface area contributed by atoms with Crippen LogP contribution in [0.4, 0.5) is 0 Å². The molecule has 0 saturated carbocycles. The first kappa shape index (κ1) is 16.4. The summed E-state index contributed by atoms with van der Waals surface area (Å²) in [6, 6.07) is 3.83. The lowest BCUT2D eigenvalue weighted by Crippen LogP contribution is -2.47. The summed E-state index contributed by atoms with van der Waals surface area (Å²) in [7, 11) is 1.62. The molecule has 2 aromatic rings. The van der Waals surface area contributed by atoms with Crippen molar-refractivity contribution in [2.75, 3.05) is 20.2 Å². The molecular weight excluding hydrogens is 310 g/mol. The van der Waals surface area contributed by atoms with Crippen LogP contribution in [-0.2, 0) is 16.9 Å². The fraction of sp³-hybridized carbons (Fsp3) is 0.500. The van der Waals surface area contributed by atoms with Gasteiger partial charge >= 0.3 is 0 Å². The number of carbonyl (C=O) groups excluding carboxylic acids is 1. The third-order valence-corrected chi connectivity index (χ3v) is 4.12. The number of rotatable bonds is 5. The van der Waals surface area contributed by atoms with Crippen LogP contribution in [0.15, 0.2) is 22.9 Å². The van der Waals surface area contributed by atoms with Gasteiger partial charge in [-0.3, -0.25) is 14.7 Å². The normalized spacial score (nSPS) is 21.0. The van der Waals surface area contributed by atoms with Crippen molar-refractivity contribution in [2.24, 2.45) is 0 Å². The Kier molecular flexibility index (Phi) is 4.48. The Balaban J connectivity index is 1.75. The number of amides is 1. The fourth-order valence-corrected chi connectivity index (χ4v) is 3.04. The van der Waals surface area contributed by atoms with E-state index in [1.54, 1.807) is 20.2 Å². The van der Waals surface area contributed by atoms with Crippen LogP contribution in [0.5, 0.6) is 5.75 Å². The van der Waals surface area contributed by atoms with Crippen LogP contribution in [0.1, 0.15) is 30.8 Å². The summed E-state index contributed by atoms with van der Waals surface area (Å²) in [4.78, 5) is 22.6. The van der Waals surface area contributed by atoms with Gasteiger partial charge in [0.15, 0.2) is 5.82 Å². The summed E-state index contributed by atoms with van der Waals surface area (Å²) in [5.41, 5.74) is 0.302. The zero-order chi connectivity index (χ0) is 17.2. The van der Waals surface area contributed by atoms with E-state index in [0.717, 1.165) is 18.0 Å². The molecule has 128 valence electrons. The molecular formula is C16H21N5O3. The van der Waals surface area contributed by atoms with Gasteiger partial charge in [-0.2, -0.15) is 4.98 Å². The van der Waals surface area contributed by atoms with E-state index in [-0.39, 0.29) is 5.91 Å². The summed E-state index contributed by atoms with van der Waals surface area (Å²) in [6.07, 6.45) is 2.41. The number of hydrogen-bond acceptors (Lipinski definition) is 7. The molecule has 0 radical (unpaired) electrons. The van der Waals surface area contributed by atoms with Gasteiger partial charge in [0, 0.05) is 26.6 Å². The molecule has 1 atom stereocenters. The Labute approximate surface area is 140 Å². The van der Waals surface area contributed by atoms with Gasteiger partial charge in [-0.1, -0.05) is 5.16 Å². The number of ether oxygens (including phenoxy) is 1. The van der Waals surface area contributed by atoms with Crippen LogP contribution in [0.25, 0.3) is 0 Å². The minimum atomic E-state index is -0.639. The topological polar surface area (TPSA) is 93.4 Å². The number of nitrogens with one attached hydrogen (secondary N) is 1. The van der Waals surface area contributed by atoms with E-state index in [9.17, 15) is 4.79 Å². The number of hydrogen-bond donors (Lipinski definition) is 1. The van der Waals surface area contributed by atoms with E-state index in [4.69, 9.17) is 9.26 Å². The van der Waals surface area contributed by atoms with Crippen molar-refractivity contribution in [3.8, 4) is 5.75 Å². The number of aryl methyl sites for hydroxylation is 1. The number of aromatic nitrogens is 3. The monoisotopic (exact) mass is 331 g/mol. The van der Waals surface area contributed by atoms with Gasteiger partial charge in [0.05, 0.1) is 19.0 Å². The average molecular weight is 331 g/mol. The predicted molar refractivity (Wildman–Crippen MR) is 85.2 cm³/mol. The van der Waals surface area contributed by atoms with Crippen molar-refractivity contribution in [1.29, 1.82) is 0 Å². The molecule has 0 aliphatic carbocycles.